The van der Waals surface area contributed by atoms with Crippen molar-refractivity contribution in [3.63, 3.8) is 0 Å². The van der Waals surface area contributed by atoms with Crippen LogP contribution in [0.5, 0.6) is 0 Å². The van der Waals surface area contributed by atoms with E-state index in [1.54, 1.807) is 0 Å². The van der Waals surface area contributed by atoms with Gasteiger partial charge in [-0.2, -0.15) is 0 Å². The minimum absolute atomic E-state index is 0.124. The highest BCUT2D eigenvalue weighted by atomic mass is 16.5. The molecule has 3 heteroatoms. The number of ether oxygens (including phenoxy) is 1. The van der Waals surface area contributed by atoms with Crippen LogP contribution in [0.15, 0.2) is 12.2 Å². The zero-order valence-electron chi connectivity index (χ0n) is 14.6. The standard InChI is InChI=1S/C20H30O3/c1-3-5-6-7-8-9-10-13-16-19(21)17-14-11-12-15-18-20(22)23-4-2/h7-8,19,21H,3-6,11-12,14-15,17-18H2,1-2H3. The van der Waals surface area contributed by atoms with Gasteiger partial charge in [-0.25, -0.2) is 0 Å². The smallest absolute Gasteiger partial charge is 0.305 e. The highest BCUT2D eigenvalue weighted by molar-refractivity contribution is 5.69. The summed E-state index contributed by atoms with van der Waals surface area (Å²) in [5, 5.41) is 9.70. The lowest BCUT2D eigenvalue weighted by atomic mass is 10.1. The van der Waals surface area contributed by atoms with Gasteiger partial charge in [0, 0.05) is 6.42 Å². The quantitative estimate of drug-likeness (QED) is 0.356. The third-order valence-corrected chi connectivity index (χ3v) is 3.21. The predicted molar refractivity (Wildman–Crippen MR) is 94.6 cm³/mol. The second kappa shape index (κ2) is 16.7. The first-order valence-electron chi connectivity index (χ1n) is 8.70. The second-order valence-corrected chi connectivity index (χ2v) is 5.36. The van der Waals surface area contributed by atoms with E-state index < -0.39 is 6.10 Å². The Morgan fingerprint density at radius 3 is 2.65 bits per heavy atom. The molecule has 0 aliphatic heterocycles. The molecule has 0 aliphatic rings. The molecule has 0 aromatic rings. The SMILES string of the molecule is CCCCC=CC#CC#CC(O)CCCCCCC(=O)OCC. The van der Waals surface area contributed by atoms with Gasteiger partial charge in [0.05, 0.1) is 6.61 Å². The van der Waals surface area contributed by atoms with E-state index in [4.69, 9.17) is 4.74 Å². The maximum Gasteiger partial charge on any atom is 0.305 e. The summed E-state index contributed by atoms with van der Waals surface area (Å²) in [6.45, 7) is 4.42. The normalized spacial score (nSPS) is 11.3. The third kappa shape index (κ3) is 16.5. The molecule has 0 amide bonds. The molecule has 1 N–H and O–H groups in total. The molecule has 3 nitrogen and oxygen atoms in total. The third-order valence-electron chi connectivity index (χ3n) is 3.21. The van der Waals surface area contributed by atoms with Gasteiger partial charge in [-0.3, -0.25) is 4.79 Å². The number of esters is 1. The maximum atomic E-state index is 11.1. The van der Waals surface area contributed by atoms with Crippen LogP contribution >= 0.6 is 0 Å². The van der Waals surface area contributed by atoms with Gasteiger partial charge in [0.1, 0.15) is 6.10 Å². The molecule has 128 valence electrons. The van der Waals surface area contributed by atoms with E-state index in [9.17, 15) is 9.90 Å². The van der Waals surface area contributed by atoms with Crippen molar-refractivity contribution in [1.82, 2.24) is 0 Å². The molecule has 0 radical (unpaired) electrons. The average Bonchev–Trinajstić information content (AvgIpc) is 2.53. The minimum atomic E-state index is -0.613. The van der Waals surface area contributed by atoms with Crippen molar-refractivity contribution < 1.29 is 14.6 Å². The van der Waals surface area contributed by atoms with Crippen LogP contribution in [0.3, 0.4) is 0 Å². The van der Waals surface area contributed by atoms with Crippen LogP contribution in [0.1, 0.15) is 71.6 Å². The molecule has 0 spiro atoms. The number of allylic oxidation sites excluding steroid dienone is 2. The van der Waals surface area contributed by atoms with E-state index in [1.165, 1.54) is 12.8 Å². The van der Waals surface area contributed by atoms with Crippen molar-refractivity contribution >= 4 is 5.97 Å². The van der Waals surface area contributed by atoms with Gasteiger partial charge in [0.2, 0.25) is 0 Å². The monoisotopic (exact) mass is 318 g/mol. The van der Waals surface area contributed by atoms with Crippen LogP contribution in [-0.4, -0.2) is 23.8 Å². The Labute approximate surface area is 141 Å². The lowest BCUT2D eigenvalue weighted by Crippen LogP contribution is -2.04. The van der Waals surface area contributed by atoms with Crippen molar-refractivity contribution in [2.45, 2.75) is 77.7 Å². The Kier molecular flexibility index (Phi) is 15.4. The molecule has 0 bridgehead atoms. The zero-order valence-corrected chi connectivity index (χ0v) is 14.6. The first-order valence-corrected chi connectivity index (χ1v) is 8.70. The summed E-state index contributed by atoms with van der Waals surface area (Å²) in [6.07, 6.45) is 11.5. The first-order chi connectivity index (χ1) is 11.2. The summed E-state index contributed by atoms with van der Waals surface area (Å²) < 4.78 is 4.86. The van der Waals surface area contributed by atoms with E-state index in [2.05, 4.69) is 30.6 Å². The highest BCUT2D eigenvalue weighted by Crippen LogP contribution is 2.07. The summed E-state index contributed by atoms with van der Waals surface area (Å²) >= 11 is 0. The summed E-state index contributed by atoms with van der Waals surface area (Å²) in [5.41, 5.74) is 0. The molecular formula is C20H30O3. The molecule has 0 aromatic heterocycles. The lowest BCUT2D eigenvalue weighted by molar-refractivity contribution is -0.143. The topological polar surface area (TPSA) is 46.5 Å². The largest absolute Gasteiger partial charge is 0.466 e. The summed E-state index contributed by atoms with van der Waals surface area (Å²) in [6, 6.07) is 0. The molecule has 0 rings (SSSR count). The molecule has 0 heterocycles. The van der Waals surface area contributed by atoms with Crippen LogP contribution in [-0.2, 0) is 9.53 Å². The molecule has 1 atom stereocenters. The van der Waals surface area contributed by atoms with E-state index in [1.807, 2.05) is 19.1 Å². The Bertz CT molecular complexity index is 443. The Morgan fingerprint density at radius 1 is 1.13 bits per heavy atom. The number of unbranched alkanes of at least 4 members (excludes halogenated alkanes) is 5. The molecule has 0 saturated carbocycles. The van der Waals surface area contributed by atoms with E-state index >= 15 is 0 Å². The van der Waals surface area contributed by atoms with Crippen LogP contribution < -0.4 is 0 Å². The highest BCUT2D eigenvalue weighted by Gasteiger charge is 2.02. The summed E-state index contributed by atoms with van der Waals surface area (Å²) in [4.78, 5) is 11.1. The molecule has 0 fully saturated rings. The fraction of sp³-hybridized carbons (Fsp3) is 0.650. The minimum Gasteiger partial charge on any atom is -0.466 e. The summed E-state index contributed by atoms with van der Waals surface area (Å²) in [5.74, 6) is 10.9. The van der Waals surface area contributed by atoms with Crippen molar-refractivity contribution in [1.29, 1.82) is 0 Å². The number of aliphatic hydroxyl groups excluding tert-OH is 1. The van der Waals surface area contributed by atoms with Crippen molar-refractivity contribution in [2.75, 3.05) is 6.61 Å². The number of carbonyl (C=O) groups is 1. The van der Waals surface area contributed by atoms with Gasteiger partial charge in [-0.05, 0) is 50.5 Å². The number of carbonyl (C=O) groups excluding carboxylic acids is 1. The van der Waals surface area contributed by atoms with Crippen LogP contribution in [0.25, 0.3) is 0 Å². The number of hydrogen-bond donors (Lipinski definition) is 1. The van der Waals surface area contributed by atoms with E-state index in [0.717, 1.165) is 32.1 Å². The lowest BCUT2D eigenvalue weighted by Gasteiger charge is -2.03. The number of hydrogen-bond acceptors (Lipinski definition) is 3. The van der Waals surface area contributed by atoms with Gasteiger partial charge in [-0.1, -0.05) is 50.5 Å². The van der Waals surface area contributed by atoms with Gasteiger partial charge in [-0.15, -0.1) is 0 Å². The van der Waals surface area contributed by atoms with Crippen molar-refractivity contribution in [3.8, 4) is 23.7 Å². The van der Waals surface area contributed by atoms with Gasteiger partial charge in [0.15, 0.2) is 0 Å². The Balaban J connectivity index is 3.63. The molecule has 1 unspecified atom stereocenters. The van der Waals surface area contributed by atoms with Crippen LogP contribution in [0, 0.1) is 23.7 Å². The van der Waals surface area contributed by atoms with Crippen molar-refractivity contribution in [3.05, 3.63) is 12.2 Å². The summed E-state index contributed by atoms with van der Waals surface area (Å²) in [7, 11) is 0. The predicted octanol–water partition coefficient (Wildman–Crippen LogP) is 4.00. The van der Waals surface area contributed by atoms with E-state index in [0.29, 0.717) is 19.4 Å². The number of rotatable bonds is 11. The fourth-order valence-corrected chi connectivity index (χ4v) is 1.93. The second-order valence-electron chi connectivity index (χ2n) is 5.36. The molecule has 0 saturated heterocycles. The van der Waals surface area contributed by atoms with Gasteiger partial charge >= 0.3 is 5.97 Å². The Morgan fingerprint density at radius 2 is 1.91 bits per heavy atom. The van der Waals surface area contributed by atoms with Crippen LogP contribution in [0.4, 0.5) is 0 Å². The first kappa shape index (κ1) is 21.3. The number of aliphatic hydroxyl groups is 1. The molecule has 0 aliphatic carbocycles. The molecular weight excluding hydrogens is 288 g/mol. The fourth-order valence-electron chi connectivity index (χ4n) is 1.93. The zero-order chi connectivity index (χ0) is 17.2. The molecule has 23 heavy (non-hydrogen) atoms. The van der Waals surface area contributed by atoms with Crippen LogP contribution in [0.2, 0.25) is 0 Å². The van der Waals surface area contributed by atoms with E-state index in [-0.39, 0.29) is 5.97 Å². The Hall–Kier alpha value is -1.71. The van der Waals surface area contributed by atoms with Gasteiger partial charge < -0.3 is 9.84 Å². The molecule has 0 aromatic carbocycles. The van der Waals surface area contributed by atoms with Crippen molar-refractivity contribution in [2.24, 2.45) is 0 Å². The average molecular weight is 318 g/mol. The maximum absolute atomic E-state index is 11.1. The van der Waals surface area contributed by atoms with Gasteiger partial charge in [0.25, 0.3) is 0 Å².